The van der Waals surface area contributed by atoms with E-state index in [2.05, 4.69) is 0 Å². The lowest BCUT2D eigenvalue weighted by Crippen LogP contribution is -2.14. The van der Waals surface area contributed by atoms with Gasteiger partial charge in [0.1, 0.15) is 11.5 Å². The lowest BCUT2D eigenvalue weighted by molar-refractivity contribution is -0.117. The van der Waals surface area contributed by atoms with Gasteiger partial charge in [-0.3, -0.25) is 4.79 Å². The molecule has 0 spiro atoms. The van der Waals surface area contributed by atoms with E-state index >= 15 is 0 Å². The summed E-state index contributed by atoms with van der Waals surface area (Å²) in [5.74, 6) is 0.0910. The number of carbonyl (C=O) groups is 1. The van der Waals surface area contributed by atoms with Crippen LogP contribution in [0.15, 0.2) is 48.5 Å². The highest BCUT2D eigenvalue weighted by Gasteiger charge is 2.19. The van der Waals surface area contributed by atoms with Crippen LogP contribution in [-0.4, -0.2) is 18.1 Å². The Kier molecular flexibility index (Phi) is 4.32. The number of methoxy groups -OCH3 is 1. The maximum atomic E-state index is 11.5. The van der Waals surface area contributed by atoms with Gasteiger partial charge in [-0.05, 0) is 35.0 Å². The Morgan fingerprint density at radius 3 is 2.67 bits per heavy atom. The van der Waals surface area contributed by atoms with E-state index in [0.717, 1.165) is 10.8 Å². The van der Waals surface area contributed by atoms with Gasteiger partial charge in [-0.25, -0.2) is 0 Å². The molecule has 5 heteroatoms. The molecule has 0 atom stereocenters. The zero-order valence-corrected chi connectivity index (χ0v) is 13.8. The molecule has 122 valence electrons. The van der Waals surface area contributed by atoms with Crippen LogP contribution in [0.25, 0.3) is 21.9 Å². The molecule has 24 heavy (non-hydrogen) atoms. The monoisotopic (exact) mass is 341 g/mol. The summed E-state index contributed by atoms with van der Waals surface area (Å²) in [6, 6.07) is 14.5. The highest BCUT2D eigenvalue weighted by molar-refractivity contribution is 6.31. The van der Waals surface area contributed by atoms with Crippen molar-refractivity contribution in [2.45, 2.75) is 6.42 Å². The molecule has 3 aromatic carbocycles. The highest BCUT2D eigenvalue weighted by Crippen LogP contribution is 2.42. The maximum Gasteiger partial charge on any atom is 0.222 e. The molecule has 0 bridgehead atoms. The molecule has 3 aromatic rings. The molecular formula is C19H16ClNO3. The Morgan fingerprint density at radius 2 is 1.96 bits per heavy atom. The predicted octanol–water partition coefficient (Wildman–Crippen LogP) is 3.90. The number of ether oxygens (including phenoxy) is 1. The van der Waals surface area contributed by atoms with Crippen LogP contribution in [0.1, 0.15) is 5.56 Å². The summed E-state index contributed by atoms with van der Waals surface area (Å²) in [5, 5.41) is 12.7. The van der Waals surface area contributed by atoms with E-state index < -0.39 is 5.91 Å². The van der Waals surface area contributed by atoms with Gasteiger partial charge in [-0.2, -0.15) is 0 Å². The van der Waals surface area contributed by atoms with Crippen LogP contribution in [0.2, 0.25) is 5.02 Å². The van der Waals surface area contributed by atoms with Crippen molar-refractivity contribution < 1.29 is 14.6 Å². The molecule has 1 amide bonds. The van der Waals surface area contributed by atoms with E-state index in [1.54, 1.807) is 31.4 Å². The van der Waals surface area contributed by atoms with Gasteiger partial charge >= 0.3 is 0 Å². The lowest BCUT2D eigenvalue weighted by atomic mass is 9.90. The third kappa shape index (κ3) is 2.88. The molecular weight excluding hydrogens is 326 g/mol. The Labute approximate surface area is 144 Å². The zero-order chi connectivity index (χ0) is 17.3. The number of hydrogen-bond acceptors (Lipinski definition) is 3. The first-order chi connectivity index (χ1) is 11.5. The molecule has 0 aliphatic rings. The van der Waals surface area contributed by atoms with Crippen LogP contribution < -0.4 is 10.5 Å². The molecule has 3 N–H and O–H groups in total. The molecule has 0 saturated heterocycles. The highest BCUT2D eigenvalue weighted by atomic mass is 35.5. The number of nitrogens with two attached hydrogens (primary N) is 1. The second-order valence-electron chi connectivity index (χ2n) is 5.46. The second kappa shape index (κ2) is 6.42. The first kappa shape index (κ1) is 16.1. The SMILES string of the molecule is COc1ccc(Cl)cc1-c1c(CC(N)=O)c(O)cc2ccccc12. The fourth-order valence-corrected chi connectivity index (χ4v) is 3.08. The van der Waals surface area contributed by atoms with Crippen LogP contribution in [0.4, 0.5) is 0 Å². The Balaban J connectivity index is 2.44. The number of benzene rings is 3. The number of fused-ring (bicyclic) bond motifs is 1. The number of primary amides is 1. The minimum absolute atomic E-state index is 0.0181. The van der Waals surface area contributed by atoms with Gasteiger partial charge in [-0.15, -0.1) is 0 Å². The van der Waals surface area contributed by atoms with Gasteiger partial charge in [0.05, 0.1) is 13.5 Å². The first-order valence-corrected chi connectivity index (χ1v) is 7.75. The Morgan fingerprint density at radius 1 is 1.21 bits per heavy atom. The largest absolute Gasteiger partial charge is 0.508 e. The number of aromatic hydroxyl groups is 1. The third-order valence-corrected chi connectivity index (χ3v) is 4.15. The number of halogens is 1. The van der Waals surface area contributed by atoms with Gasteiger partial charge in [0.15, 0.2) is 0 Å². The molecule has 0 aliphatic carbocycles. The van der Waals surface area contributed by atoms with Crippen molar-refractivity contribution in [2.75, 3.05) is 7.11 Å². The van der Waals surface area contributed by atoms with Gasteiger partial charge in [0, 0.05) is 21.7 Å². The molecule has 0 unspecified atom stereocenters. The number of carbonyl (C=O) groups excluding carboxylic acids is 1. The fourth-order valence-electron chi connectivity index (χ4n) is 2.91. The third-order valence-electron chi connectivity index (χ3n) is 3.92. The van der Waals surface area contributed by atoms with E-state index in [0.29, 0.717) is 27.5 Å². The molecule has 0 radical (unpaired) electrons. The van der Waals surface area contributed by atoms with Crippen LogP contribution in [-0.2, 0) is 11.2 Å². The summed E-state index contributed by atoms with van der Waals surface area (Å²) in [4.78, 5) is 11.5. The van der Waals surface area contributed by atoms with Crippen molar-refractivity contribution in [2.24, 2.45) is 5.73 Å². The van der Waals surface area contributed by atoms with Gasteiger partial charge in [0.25, 0.3) is 0 Å². The standard InChI is InChI=1S/C19H16ClNO3/c1-24-17-7-6-12(20)9-15(17)19-13-5-3-2-4-11(13)8-16(22)14(19)10-18(21)23/h2-9,22H,10H2,1H3,(H2,21,23). The van der Waals surface area contributed by atoms with E-state index in [-0.39, 0.29) is 12.2 Å². The van der Waals surface area contributed by atoms with Gasteiger partial charge in [-0.1, -0.05) is 35.9 Å². The fraction of sp³-hybridized carbons (Fsp3) is 0.105. The quantitative estimate of drug-likeness (QED) is 0.755. The summed E-state index contributed by atoms with van der Waals surface area (Å²) in [6.07, 6.45) is -0.0817. The van der Waals surface area contributed by atoms with Gasteiger partial charge < -0.3 is 15.6 Å². The molecule has 0 aliphatic heterocycles. The average molecular weight is 342 g/mol. The minimum Gasteiger partial charge on any atom is -0.508 e. The van der Waals surface area contributed by atoms with Crippen molar-refractivity contribution in [3.05, 3.63) is 59.1 Å². The number of phenols is 1. The van der Waals surface area contributed by atoms with E-state index in [9.17, 15) is 9.90 Å². The van der Waals surface area contributed by atoms with E-state index in [1.807, 2.05) is 24.3 Å². The van der Waals surface area contributed by atoms with E-state index in [1.165, 1.54) is 0 Å². The molecule has 3 rings (SSSR count). The molecule has 0 heterocycles. The second-order valence-corrected chi connectivity index (χ2v) is 5.89. The summed E-state index contributed by atoms with van der Waals surface area (Å²) in [5.41, 5.74) is 7.24. The Hall–Kier alpha value is -2.72. The van der Waals surface area contributed by atoms with Gasteiger partial charge in [0.2, 0.25) is 5.91 Å². The minimum atomic E-state index is -0.525. The molecule has 0 saturated carbocycles. The number of hydrogen-bond donors (Lipinski definition) is 2. The summed E-state index contributed by atoms with van der Waals surface area (Å²) >= 11 is 6.16. The van der Waals surface area contributed by atoms with Crippen molar-refractivity contribution in [1.29, 1.82) is 0 Å². The maximum absolute atomic E-state index is 11.5. The zero-order valence-electron chi connectivity index (χ0n) is 13.0. The van der Waals surface area contributed by atoms with Crippen LogP contribution >= 0.6 is 11.6 Å². The molecule has 4 nitrogen and oxygen atoms in total. The van der Waals surface area contributed by atoms with Crippen molar-refractivity contribution >= 4 is 28.3 Å². The number of rotatable bonds is 4. The van der Waals surface area contributed by atoms with Crippen LogP contribution in [0, 0.1) is 0 Å². The molecule has 0 fully saturated rings. The average Bonchev–Trinajstić information content (AvgIpc) is 2.55. The van der Waals surface area contributed by atoms with Crippen LogP contribution in [0.3, 0.4) is 0 Å². The summed E-state index contributed by atoms with van der Waals surface area (Å²) < 4.78 is 5.45. The van der Waals surface area contributed by atoms with Crippen molar-refractivity contribution in [3.8, 4) is 22.6 Å². The number of amides is 1. The van der Waals surface area contributed by atoms with Crippen molar-refractivity contribution in [1.82, 2.24) is 0 Å². The van der Waals surface area contributed by atoms with Crippen molar-refractivity contribution in [3.63, 3.8) is 0 Å². The Bertz CT molecular complexity index is 937. The topological polar surface area (TPSA) is 72.5 Å². The lowest BCUT2D eigenvalue weighted by Gasteiger charge is -2.17. The molecule has 0 aromatic heterocycles. The summed E-state index contributed by atoms with van der Waals surface area (Å²) in [6.45, 7) is 0. The first-order valence-electron chi connectivity index (χ1n) is 7.37. The van der Waals surface area contributed by atoms with Crippen LogP contribution in [0.5, 0.6) is 11.5 Å². The smallest absolute Gasteiger partial charge is 0.222 e. The van der Waals surface area contributed by atoms with E-state index in [4.69, 9.17) is 22.1 Å². The predicted molar refractivity (Wildman–Crippen MR) is 95.5 cm³/mol. The normalized spacial score (nSPS) is 10.8. The summed E-state index contributed by atoms with van der Waals surface area (Å²) in [7, 11) is 1.56. The number of phenolic OH excluding ortho intramolecular Hbond substituents is 1.